The smallest absolute Gasteiger partial charge is 0.240 e. The monoisotopic (exact) mass is 252 g/mol. The molecule has 0 spiro atoms. The van der Waals surface area contributed by atoms with Gasteiger partial charge in [-0.1, -0.05) is 19.4 Å². The molecule has 1 unspecified atom stereocenters. The molecule has 1 aromatic rings. The molecule has 1 aliphatic heterocycles. The third-order valence-corrected chi connectivity index (χ3v) is 4.23. The van der Waals surface area contributed by atoms with Gasteiger partial charge in [-0.2, -0.15) is 0 Å². The Morgan fingerprint density at radius 3 is 3.12 bits per heavy atom. The molecule has 0 aromatic carbocycles. The SMILES string of the molecule is CCCC1(C(=O)NCc2cccs2)CCCN1. The molecule has 1 aliphatic rings. The summed E-state index contributed by atoms with van der Waals surface area (Å²) in [5.41, 5.74) is -0.300. The molecule has 0 radical (unpaired) electrons. The number of carbonyl (C=O) groups is 1. The summed E-state index contributed by atoms with van der Waals surface area (Å²) in [5, 5.41) is 8.49. The van der Waals surface area contributed by atoms with Gasteiger partial charge in [0.1, 0.15) is 0 Å². The first-order valence-corrected chi connectivity index (χ1v) is 7.20. The Balaban J connectivity index is 1.92. The molecule has 1 atom stereocenters. The molecule has 1 amide bonds. The summed E-state index contributed by atoms with van der Waals surface area (Å²) in [6.45, 7) is 3.75. The predicted octanol–water partition coefficient (Wildman–Crippen LogP) is 2.29. The molecule has 4 heteroatoms. The van der Waals surface area contributed by atoms with E-state index in [9.17, 15) is 4.79 Å². The maximum absolute atomic E-state index is 12.3. The van der Waals surface area contributed by atoms with Gasteiger partial charge in [0.05, 0.1) is 12.1 Å². The zero-order chi connectivity index (χ0) is 12.1. The van der Waals surface area contributed by atoms with Crippen LogP contribution in [0.25, 0.3) is 0 Å². The van der Waals surface area contributed by atoms with E-state index in [2.05, 4.69) is 23.6 Å². The molecule has 2 rings (SSSR count). The van der Waals surface area contributed by atoms with Crippen molar-refractivity contribution in [1.82, 2.24) is 10.6 Å². The topological polar surface area (TPSA) is 41.1 Å². The van der Waals surface area contributed by atoms with Crippen LogP contribution in [-0.2, 0) is 11.3 Å². The molecule has 2 heterocycles. The van der Waals surface area contributed by atoms with Gasteiger partial charge in [0.2, 0.25) is 5.91 Å². The molecule has 0 bridgehead atoms. The zero-order valence-corrected chi connectivity index (χ0v) is 11.1. The average molecular weight is 252 g/mol. The van der Waals surface area contributed by atoms with E-state index >= 15 is 0 Å². The van der Waals surface area contributed by atoms with Gasteiger partial charge in [0, 0.05) is 4.88 Å². The van der Waals surface area contributed by atoms with Crippen LogP contribution in [0.1, 0.15) is 37.5 Å². The van der Waals surface area contributed by atoms with E-state index in [0.717, 1.165) is 32.2 Å². The van der Waals surface area contributed by atoms with E-state index in [4.69, 9.17) is 0 Å². The lowest BCUT2D eigenvalue weighted by atomic mass is 9.91. The van der Waals surface area contributed by atoms with Crippen LogP contribution in [0.4, 0.5) is 0 Å². The van der Waals surface area contributed by atoms with Crippen LogP contribution in [0.2, 0.25) is 0 Å². The van der Waals surface area contributed by atoms with Gasteiger partial charge >= 0.3 is 0 Å². The maximum Gasteiger partial charge on any atom is 0.240 e. The number of hydrogen-bond acceptors (Lipinski definition) is 3. The molecule has 0 aliphatic carbocycles. The Hall–Kier alpha value is -0.870. The van der Waals surface area contributed by atoms with Crippen LogP contribution in [0.5, 0.6) is 0 Å². The van der Waals surface area contributed by atoms with Gasteiger partial charge in [-0.05, 0) is 37.3 Å². The van der Waals surface area contributed by atoms with Crippen molar-refractivity contribution in [3.63, 3.8) is 0 Å². The highest BCUT2D eigenvalue weighted by atomic mass is 32.1. The Morgan fingerprint density at radius 2 is 2.53 bits per heavy atom. The summed E-state index contributed by atoms with van der Waals surface area (Å²) in [6.07, 6.45) is 4.05. The summed E-state index contributed by atoms with van der Waals surface area (Å²) in [5.74, 6) is 0.172. The molecule has 1 fully saturated rings. The fraction of sp³-hybridized carbons (Fsp3) is 0.615. The lowest BCUT2D eigenvalue weighted by Gasteiger charge is -2.27. The molecule has 94 valence electrons. The molecule has 17 heavy (non-hydrogen) atoms. The normalized spacial score (nSPS) is 23.8. The van der Waals surface area contributed by atoms with Gasteiger partial charge < -0.3 is 10.6 Å². The van der Waals surface area contributed by atoms with Crippen molar-refractivity contribution in [3.8, 4) is 0 Å². The van der Waals surface area contributed by atoms with Gasteiger partial charge in [-0.25, -0.2) is 0 Å². The lowest BCUT2D eigenvalue weighted by molar-refractivity contribution is -0.127. The van der Waals surface area contributed by atoms with Crippen LogP contribution >= 0.6 is 11.3 Å². The number of amides is 1. The minimum absolute atomic E-state index is 0.172. The Bertz CT molecular complexity index is 356. The van der Waals surface area contributed by atoms with Crippen molar-refractivity contribution >= 4 is 17.2 Å². The van der Waals surface area contributed by atoms with E-state index in [1.54, 1.807) is 11.3 Å². The zero-order valence-electron chi connectivity index (χ0n) is 10.3. The number of thiophene rings is 1. The van der Waals surface area contributed by atoms with E-state index in [0.29, 0.717) is 6.54 Å². The van der Waals surface area contributed by atoms with Crippen molar-refractivity contribution in [2.24, 2.45) is 0 Å². The van der Waals surface area contributed by atoms with Crippen molar-refractivity contribution in [2.75, 3.05) is 6.54 Å². The third kappa shape index (κ3) is 2.87. The molecule has 1 saturated heterocycles. The highest BCUT2D eigenvalue weighted by Gasteiger charge is 2.39. The molecular weight excluding hydrogens is 232 g/mol. The highest BCUT2D eigenvalue weighted by molar-refractivity contribution is 7.09. The largest absolute Gasteiger partial charge is 0.350 e. The minimum atomic E-state index is -0.300. The molecule has 3 nitrogen and oxygen atoms in total. The van der Waals surface area contributed by atoms with Crippen LogP contribution in [0.3, 0.4) is 0 Å². The quantitative estimate of drug-likeness (QED) is 0.844. The average Bonchev–Trinajstić information content (AvgIpc) is 2.97. The standard InChI is InChI=1S/C13H20N2OS/c1-2-6-13(7-4-8-15-13)12(16)14-10-11-5-3-9-17-11/h3,5,9,15H,2,4,6-8,10H2,1H3,(H,14,16). The summed E-state index contributed by atoms with van der Waals surface area (Å²) in [4.78, 5) is 13.5. The molecular formula is C13H20N2OS. The highest BCUT2D eigenvalue weighted by Crippen LogP contribution is 2.25. The summed E-state index contributed by atoms with van der Waals surface area (Å²) >= 11 is 1.68. The van der Waals surface area contributed by atoms with E-state index in [-0.39, 0.29) is 11.4 Å². The summed E-state index contributed by atoms with van der Waals surface area (Å²) in [7, 11) is 0. The second kappa shape index (κ2) is 5.65. The summed E-state index contributed by atoms with van der Waals surface area (Å²) in [6, 6.07) is 4.07. The molecule has 0 saturated carbocycles. The van der Waals surface area contributed by atoms with Crippen molar-refractivity contribution in [2.45, 2.75) is 44.7 Å². The van der Waals surface area contributed by atoms with Crippen molar-refractivity contribution < 1.29 is 4.79 Å². The van der Waals surface area contributed by atoms with Crippen molar-refractivity contribution in [1.29, 1.82) is 0 Å². The van der Waals surface area contributed by atoms with E-state index in [1.807, 2.05) is 11.4 Å². The van der Waals surface area contributed by atoms with Crippen LogP contribution in [0.15, 0.2) is 17.5 Å². The second-order valence-electron chi connectivity index (χ2n) is 4.62. The predicted molar refractivity (Wildman–Crippen MR) is 71.0 cm³/mol. The summed E-state index contributed by atoms with van der Waals surface area (Å²) < 4.78 is 0. The molecule has 1 aromatic heterocycles. The first-order valence-electron chi connectivity index (χ1n) is 6.32. The van der Waals surface area contributed by atoms with Crippen LogP contribution in [-0.4, -0.2) is 18.0 Å². The van der Waals surface area contributed by atoms with Crippen LogP contribution < -0.4 is 10.6 Å². The van der Waals surface area contributed by atoms with Crippen LogP contribution in [0, 0.1) is 0 Å². The first-order chi connectivity index (χ1) is 8.27. The minimum Gasteiger partial charge on any atom is -0.350 e. The third-order valence-electron chi connectivity index (χ3n) is 3.36. The Kier molecular flexibility index (Phi) is 4.18. The van der Waals surface area contributed by atoms with Crippen molar-refractivity contribution in [3.05, 3.63) is 22.4 Å². The Labute approximate surface area is 107 Å². The van der Waals surface area contributed by atoms with Gasteiger partial charge in [-0.3, -0.25) is 4.79 Å². The van der Waals surface area contributed by atoms with E-state index < -0.39 is 0 Å². The van der Waals surface area contributed by atoms with Gasteiger partial charge in [-0.15, -0.1) is 11.3 Å². The van der Waals surface area contributed by atoms with Gasteiger partial charge in [0.15, 0.2) is 0 Å². The number of rotatable bonds is 5. The number of nitrogens with one attached hydrogen (secondary N) is 2. The number of hydrogen-bond donors (Lipinski definition) is 2. The number of carbonyl (C=O) groups excluding carboxylic acids is 1. The molecule has 2 N–H and O–H groups in total. The lowest BCUT2D eigenvalue weighted by Crippen LogP contribution is -2.53. The second-order valence-corrected chi connectivity index (χ2v) is 5.66. The van der Waals surface area contributed by atoms with Gasteiger partial charge in [0.25, 0.3) is 0 Å². The first kappa shape index (κ1) is 12.6. The fourth-order valence-electron chi connectivity index (χ4n) is 2.50. The maximum atomic E-state index is 12.3. The Morgan fingerprint density at radius 1 is 1.65 bits per heavy atom. The fourth-order valence-corrected chi connectivity index (χ4v) is 3.15. The van der Waals surface area contributed by atoms with E-state index in [1.165, 1.54) is 4.88 Å².